The van der Waals surface area contributed by atoms with Crippen LogP contribution >= 0.6 is 0 Å². The number of carboxylic acids is 1. The van der Waals surface area contributed by atoms with Gasteiger partial charge in [0.2, 0.25) is 5.91 Å². The van der Waals surface area contributed by atoms with Gasteiger partial charge in [-0.3, -0.25) is 9.59 Å². The van der Waals surface area contributed by atoms with Crippen LogP contribution in [0.25, 0.3) is 0 Å². The normalized spacial score (nSPS) is 14.1. The third-order valence-corrected chi connectivity index (χ3v) is 1.86. The minimum atomic E-state index is -1.01. The first kappa shape index (κ1) is 12.6. The number of carbonyl (C=O) groups is 3. The summed E-state index contributed by atoms with van der Waals surface area (Å²) in [5.74, 6) is -2.14. The molecule has 0 bridgehead atoms. The van der Waals surface area contributed by atoms with Gasteiger partial charge in [0.25, 0.3) is 0 Å². The highest BCUT2D eigenvalue weighted by atomic mass is 16.4. The molecular weight excluding hydrogens is 186 g/mol. The molecule has 0 saturated heterocycles. The van der Waals surface area contributed by atoms with Crippen molar-refractivity contribution in [2.24, 2.45) is 5.92 Å². The van der Waals surface area contributed by atoms with Gasteiger partial charge in [-0.2, -0.15) is 0 Å². The van der Waals surface area contributed by atoms with Crippen LogP contribution in [0.4, 0.5) is 0 Å². The van der Waals surface area contributed by atoms with Gasteiger partial charge < -0.3 is 15.2 Å². The Morgan fingerprint density at radius 3 is 2.43 bits per heavy atom. The van der Waals surface area contributed by atoms with Crippen LogP contribution in [0, 0.1) is 5.92 Å². The molecule has 0 aromatic rings. The van der Waals surface area contributed by atoms with Gasteiger partial charge in [-0.1, -0.05) is 13.8 Å². The fourth-order valence-corrected chi connectivity index (χ4v) is 0.863. The molecule has 0 aliphatic rings. The molecule has 2 unspecified atom stereocenters. The van der Waals surface area contributed by atoms with Gasteiger partial charge >= 0.3 is 5.97 Å². The number of rotatable bonds is 6. The molecule has 0 spiro atoms. The molecule has 5 heteroatoms. The van der Waals surface area contributed by atoms with Gasteiger partial charge in [-0.15, -0.1) is 0 Å². The van der Waals surface area contributed by atoms with E-state index in [1.807, 2.05) is 0 Å². The minimum Gasteiger partial charge on any atom is -0.481 e. The Balaban J connectivity index is 3.97. The third-order valence-electron chi connectivity index (χ3n) is 1.86. The van der Waals surface area contributed by atoms with Crippen molar-refractivity contribution in [3.8, 4) is 0 Å². The van der Waals surface area contributed by atoms with Crippen LogP contribution in [0.3, 0.4) is 0 Å². The largest absolute Gasteiger partial charge is 0.481 e. The van der Waals surface area contributed by atoms with E-state index in [9.17, 15) is 14.4 Å². The summed E-state index contributed by atoms with van der Waals surface area (Å²) >= 11 is 0. The van der Waals surface area contributed by atoms with Crippen molar-refractivity contribution in [3.63, 3.8) is 0 Å². The Bertz CT molecular complexity index is 221. The predicted molar refractivity (Wildman–Crippen MR) is 49.7 cm³/mol. The van der Waals surface area contributed by atoms with Crippen molar-refractivity contribution in [2.45, 2.75) is 32.7 Å². The molecule has 14 heavy (non-hydrogen) atoms. The first-order valence-electron chi connectivity index (χ1n) is 4.48. The van der Waals surface area contributed by atoms with Crippen LogP contribution < -0.4 is 5.32 Å². The van der Waals surface area contributed by atoms with Crippen molar-refractivity contribution in [3.05, 3.63) is 0 Å². The van der Waals surface area contributed by atoms with E-state index in [-0.39, 0.29) is 6.42 Å². The number of aliphatic carboxylic acids is 1. The predicted octanol–water partition coefficient (Wildman–Crippen LogP) is 0.191. The SMILES string of the molecule is CCC(C=O)NC(=O)CC(C)C(=O)O. The van der Waals surface area contributed by atoms with E-state index >= 15 is 0 Å². The zero-order chi connectivity index (χ0) is 11.1. The molecule has 0 aliphatic heterocycles. The number of hydrogen-bond donors (Lipinski definition) is 2. The smallest absolute Gasteiger partial charge is 0.306 e. The Kier molecular flexibility index (Phi) is 5.52. The Morgan fingerprint density at radius 1 is 1.50 bits per heavy atom. The van der Waals surface area contributed by atoms with E-state index in [1.54, 1.807) is 6.92 Å². The molecular formula is C9H15NO4. The van der Waals surface area contributed by atoms with Gasteiger partial charge in [0.05, 0.1) is 12.0 Å². The lowest BCUT2D eigenvalue weighted by atomic mass is 10.1. The highest BCUT2D eigenvalue weighted by Crippen LogP contribution is 2.01. The van der Waals surface area contributed by atoms with Crippen LogP contribution in [0.5, 0.6) is 0 Å². The second-order valence-electron chi connectivity index (χ2n) is 3.16. The topological polar surface area (TPSA) is 83.5 Å². The van der Waals surface area contributed by atoms with Crippen molar-refractivity contribution in [1.29, 1.82) is 0 Å². The van der Waals surface area contributed by atoms with Crippen LogP contribution in [-0.4, -0.2) is 29.3 Å². The molecule has 0 aliphatic carbocycles. The number of carbonyl (C=O) groups excluding carboxylic acids is 2. The average molecular weight is 201 g/mol. The molecule has 0 saturated carbocycles. The second-order valence-corrected chi connectivity index (χ2v) is 3.16. The molecule has 80 valence electrons. The summed E-state index contributed by atoms with van der Waals surface area (Å²) in [7, 11) is 0. The third kappa shape index (κ3) is 4.59. The van der Waals surface area contributed by atoms with Gasteiger partial charge in [-0.05, 0) is 6.42 Å². The summed E-state index contributed by atoms with van der Waals surface area (Å²) in [6.45, 7) is 3.21. The highest BCUT2D eigenvalue weighted by Gasteiger charge is 2.17. The highest BCUT2D eigenvalue weighted by molar-refractivity contribution is 5.83. The van der Waals surface area contributed by atoms with E-state index in [0.29, 0.717) is 12.7 Å². The standard InChI is InChI=1S/C9H15NO4/c1-3-7(5-11)10-8(12)4-6(2)9(13)14/h5-7H,3-4H2,1-2H3,(H,10,12)(H,13,14). The first-order valence-corrected chi connectivity index (χ1v) is 4.48. The summed E-state index contributed by atoms with van der Waals surface area (Å²) in [6, 6.07) is -0.511. The Labute approximate surface area is 82.5 Å². The summed E-state index contributed by atoms with van der Waals surface area (Å²) < 4.78 is 0. The number of aldehydes is 1. The molecule has 0 heterocycles. The fourth-order valence-electron chi connectivity index (χ4n) is 0.863. The number of nitrogens with one attached hydrogen (secondary N) is 1. The van der Waals surface area contributed by atoms with Crippen molar-refractivity contribution < 1.29 is 19.5 Å². The van der Waals surface area contributed by atoms with Crippen LogP contribution in [0.2, 0.25) is 0 Å². The van der Waals surface area contributed by atoms with Crippen LogP contribution in [0.1, 0.15) is 26.7 Å². The van der Waals surface area contributed by atoms with Gasteiger partial charge in [0, 0.05) is 6.42 Å². The van der Waals surface area contributed by atoms with E-state index in [0.717, 1.165) is 0 Å². The molecule has 2 N–H and O–H groups in total. The molecule has 0 rings (SSSR count). The maximum atomic E-state index is 11.2. The van der Waals surface area contributed by atoms with Crippen LogP contribution in [-0.2, 0) is 14.4 Å². The van der Waals surface area contributed by atoms with Crippen molar-refractivity contribution in [2.75, 3.05) is 0 Å². The molecule has 0 aromatic heterocycles. The van der Waals surface area contributed by atoms with Gasteiger partial charge in [-0.25, -0.2) is 0 Å². The molecule has 2 atom stereocenters. The van der Waals surface area contributed by atoms with Gasteiger partial charge in [0.15, 0.2) is 0 Å². The minimum absolute atomic E-state index is 0.0975. The van der Waals surface area contributed by atoms with Crippen molar-refractivity contribution in [1.82, 2.24) is 5.32 Å². The Hall–Kier alpha value is -1.39. The summed E-state index contributed by atoms with van der Waals surface area (Å²) in [6.07, 6.45) is 1.06. The Morgan fingerprint density at radius 2 is 2.07 bits per heavy atom. The zero-order valence-electron chi connectivity index (χ0n) is 8.32. The zero-order valence-corrected chi connectivity index (χ0v) is 8.32. The lowest BCUT2D eigenvalue weighted by Crippen LogP contribution is -2.36. The first-order chi connectivity index (χ1) is 6.51. The lowest BCUT2D eigenvalue weighted by Gasteiger charge is -2.11. The number of carboxylic acid groups (broad SMARTS) is 1. The van der Waals surface area contributed by atoms with E-state index in [2.05, 4.69) is 5.32 Å². The second kappa shape index (κ2) is 6.12. The summed E-state index contributed by atoms with van der Waals surface area (Å²) in [5, 5.41) is 11.0. The maximum Gasteiger partial charge on any atom is 0.306 e. The van der Waals surface area contributed by atoms with E-state index < -0.39 is 23.8 Å². The lowest BCUT2D eigenvalue weighted by molar-refractivity contribution is -0.143. The number of amides is 1. The van der Waals surface area contributed by atoms with Crippen LogP contribution in [0.15, 0.2) is 0 Å². The average Bonchev–Trinajstić information content (AvgIpc) is 2.13. The monoisotopic (exact) mass is 201 g/mol. The molecule has 0 aromatic carbocycles. The van der Waals surface area contributed by atoms with Gasteiger partial charge in [0.1, 0.15) is 6.29 Å². The summed E-state index contributed by atoms with van der Waals surface area (Å²) in [4.78, 5) is 31.9. The van der Waals surface area contributed by atoms with Crippen molar-refractivity contribution >= 4 is 18.2 Å². The molecule has 0 fully saturated rings. The van der Waals surface area contributed by atoms with E-state index in [4.69, 9.17) is 5.11 Å². The molecule has 0 radical (unpaired) electrons. The molecule has 5 nitrogen and oxygen atoms in total. The summed E-state index contributed by atoms with van der Waals surface area (Å²) in [5.41, 5.74) is 0. The molecule has 1 amide bonds. The van der Waals surface area contributed by atoms with E-state index in [1.165, 1.54) is 6.92 Å². The quantitative estimate of drug-likeness (QED) is 0.601. The number of hydrogen-bond acceptors (Lipinski definition) is 3. The fraction of sp³-hybridized carbons (Fsp3) is 0.667. The maximum absolute atomic E-state index is 11.2.